The second-order valence-electron chi connectivity index (χ2n) is 5.78. The van der Waals surface area contributed by atoms with E-state index in [-0.39, 0.29) is 0 Å². The van der Waals surface area contributed by atoms with Crippen molar-refractivity contribution in [2.45, 2.75) is 36.5 Å². The molecular weight excluding hydrogens is 192 g/mol. The first-order valence-corrected chi connectivity index (χ1v) is 6.44. The van der Waals surface area contributed by atoms with Crippen molar-refractivity contribution in [1.29, 1.82) is 0 Å². The Morgan fingerprint density at radius 1 is 0.562 bits per heavy atom. The van der Waals surface area contributed by atoms with E-state index >= 15 is 0 Å². The van der Waals surface area contributed by atoms with Gasteiger partial charge in [-0.3, -0.25) is 0 Å². The Morgan fingerprint density at radius 3 is 1.19 bits per heavy atom. The third-order valence-electron chi connectivity index (χ3n) is 5.05. The predicted molar refractivity (Wildman–Crippen MR) is 64.9 cm³/mol. The van der Waals surface area contributed by atoms with Crippen molar-refractivity contribution in [3.8, 4) is 0 Å². The van der Waals surface area contributed by atoms with Crippen LogP contribution in [0.5, 0.6) is 0 Å². The standard InChI is InChI=1S/C16H14/c1-2-10-5-9(1)13-7-15-11-3-4-12(6-11)16(15)8-14(10)13/h1-4,7-12H,5-6H2/t9-,10-,11-,12-/m0/s1. The van der Waals surface area contributed by atoms with Gasteiger partial charge in [-0.25, -0.2) is 0 Å². The highest BCUT2D eigenvalue weighted by molar-refractivity contribution is 5.57. The lowest BCUT2D eigenvalue weighted by Crippen LogP contribution is -2.00. The summed E-state index contributed by atoms with van der Waals surface area (Å²) in [4.78, 5) is 0. The van der Waals surface area contributed by atoms with E-state index in [1.165, 1.54) is 12.8 Å². The first-order chi connectivity index (χ1) is 7.90. The van der Waals surface area contributed by atoms with Crippen LogP contribution in [0.15, 0.2) is 36.4 Å². The summed E-state index contributed by atoms with van der Waals surface area (Å²) in [6, 6.07) is 5.07. The Bertz CT molecular complexity index is 467. The van der Waals surface area contributed by atoms with E-state index in [1.807, 2.05) is 0 Å². The smallest absolute Gasteiger partial charge is 0.00300 e. The molecule has 0 amide bonds. The summed E-state index contributed by atoms with van der Waals surface area (Å²) >= 11 is 0. The molecule has 0 radical (unpaired) electrons. The first kappa shape index (κ1) is 7.89. The minimum absolute atomic E-state index is 0.744. The normalized spacial score (nSPS) is 39.5. The van der Waals surface area contributed by atoms with Gasteiger partial charge >= 0.3 is 0 Å². The van der Waals surface area contributed by atoms with Crippen LogP contribution in [0, 0.1) is 0 Å². The summed E-state index contributed by atoms with van der Waals surface area (Å²) in [5.74, 6) is 2.98. The molecule has 0 fully saturated rings. The molecule has 0 aromatic heterocycles. The van der Waals surface area contributed by atoms with Crippen LogP contribution in [0.3, 0.4) is 0 Å². The van der Waals surface area contributed by atoms with Crippen molar-refractivity contribution in [3.05, 3.63) is 58.7 Å². The molecule has 5 rings (SSSR count). The molecule has 0 heteroatoms. The second-order valence-corrected chi connectivity index (χ2v) is 5.78. The van der Waals surface area contributed by atoms with Crippen LogP contribution in [0.4, 0.5) is 0 Å². The van der Waals surface area contributed by atoms with Gasteiger partial charge < -0.3 is 0 Å². The van der Waals surface area contributed by atoms with E-state index in [4.69, 9.17) is 0 Å². The highest BCUT2D eigenvalue weighted by Gasteiger charge is 2.38. The molecule has 1 aromatic rings. The van der Waals surface area contributed by atoms with Crippen molar-refractivity contribution in [3.63, 3.8) is 0 Å². The van der Waals surface area contributed by atoms with E-state index in [0.717, 1.165) is 23.7 Å². The van der Waals surface area contributed by atoms with Gasteiger partial charge in [0, 0.05) is 23.7 Å². The number of fused-ring (bicyclic) bond motifs is 10. The molecule has 0 nitrogen and oxygen atoms in total. The van der Waals surface area contributed by atoms with Crippen molar-refractivity contribution in [2.24, 2.45) is 0 Å². The van der Waals surface area contributed by atoms with Gasteiger partial charge in [0.15, 0.2) is 0 Å². The van der Waals surface area contributed by atoms with Gasteiger partial charge in [-0.2, -0.15) is 0 Å². The molecule has 0 N–H and O–H groups in total. The van der Waals surface area contributed by atoms with E-state index in [9.17, 15) is 0 Å². The molecule has 4 aliphatic carbocycles. The minimum Gasteiger partial charge on any atom is -0.0804 e. The number of benzene rings is 1. The molecule has 0 heterocycles. The highest BCUT2D eigenvalue weighted by atomic mass is 14.4. The molecule has 0 saturated heterocycles. The first-order valence-electron chi connectivity index (χ1n) is 6.44. The Kier molecular flexibility index (Phi) is 1.16. The van der Waals surface area contributed by atoms with Crippen LogP contribution in [0.25, 0.3) is 0 Å². The fourth-order valence-corrected chi connectivity index (χ4v) is 4.27. The van der Waals surface area contributed by atoms with Gasteiger partial charge in [-0.1, -0.05) is 36.4 Å². The molecule has 0 saturated carbocycles. The summed E-state index contributed by atoms with van der Waals surface area (Å²) in [7, 11) is 0. The van der Waals surface area contributed by atoms with E-state index in [1.54, 1.807) is 22.3 Å². The van der Waals surface area contributed by atoms with Crippen LogP contribution >= 0.6 is 0 Å². The molecule has 4 atom stereocenters. The molecule has 4 bridgehead atoms. The van der Waals surface area contributed by atoms with Crippen LogP contribution in [-0.2, 0) is 0 Å². The van der Waals surface area contributed by atoms with Gasteiger partial charge in [-0.05, 0) is 35.1 Å². The Hall–Kier alpha value is -1.30. The lowest BCUT2D eigenvalue weighted by atomic mass is 9.88. The van der Waals surface area contributed by atoms with Crippen molar-refractivity contribution in [2.75, 3.05) is 0 Å². The van der Waals surface area contributed by atoms with Crippen LogP contribution in [0.1, 0.15) is 58.8 Å². The molecule has 0 unspecified atom stereocenters. The van der Waals surface area contributed by atoms with Crippen LogP contribution in [-0.4, -0.2) is 0 Å². The molecule has 0 aliphatic heterocycles. The van der Waals surface area contributed by atoms with E-state index in [0.29, 0.717) is 0 Å². The fraction of sp³-hybridized carbons (Fsp3) is 0.375. The Morgan fingerprint density at radius 2 is 0.875 bits per heavy atom. The molecule has 16 heavy (non-hydrogen) atoms. The maximum Gasteiger partial charge on any atom is 0.00300 e. The van der Waals surface area contributed by atoms with Crippen molar-refractivity contribution >= 4 is 0 Å². The van der Waals surface area contributed by atoms with Gasteiger partial charge in [0.1, 0.15) is 0 Å². The number of hydrogen-bond donors (Lipinski definition) is 0. The maximum absolute atomic E-state index is 2.53. The zero-order valence-corrected chi connectivity index (χ0v) is 9.19. The van der Waals surface area contributed by atoms with Crippen molar-refractivity contribution < 1.29 is 0 Å². The van der Waals surface area contributed by atoms with Gasteiger partial charge in [0.2, 0.25) is 0 Å². The maximum atomic E-state index is 2.53. The summed E-state index contributed by atoms with van der Waals surface area (Å²) in [5.41, 5.74) is 6.58. The SMILES string of the molecule is C1=C[C@H]2C[C@H]1c1cc3c(cc12)[C@H]1C=C[C@H]3C1. The van der Waals surface area contributed by atoms with Crippen LogP contribution in [0.2, 0.25) is 0 Å². The lowest BCUT2D eigenvalue weighted by Gasteiger charge is -2.17. The summed E-state index contributed by atoms with van der Waals surface area (Å²) in [6.45, 7) is 0. The fourth-order valence-electron chi connectivity index (χ4n) is 4.27. The topological polar surface area (TPSA) is 0 Å². The quantitative estimate of drug-likeness (QED) is 0.563. The zero-order chi connectivity index (χ0) is 10.3. The predicted octanol–water partition coefficient (Wildman–Crippen LogP) is 3.97. The largest absolute Gasteiger partial charge is 0.0804 e. The third-order valence-corrected chi connectivity index (χ3v) is 5.05. The molecule has 4 aliphatic rings. The molecular formula is C16H14. The van der Waals surface area contributed by atoms with Crippen molar-refractivity contribution in [1.82, 2.24) is 0 Å². The summed E-state index contributed by atoms with van der Waals surface area (Å²) in [5, 5.41) is 0. The average Bonchev–Trinajstić information content (AvgIpc) is 3.07. The lowest BCUT2D eigenvalue weighted by molar-refractivity contribution is 0.792. The molecule has 1 aromatic carbocycles. The molecule has 0 spiro atoms. The van der Waals surface area contributed by atoms with Gasteiger partial charge in [0.05, 0.1) is 0 Å². The average molecular weight is 206 g/mol. The van der Waals surface area contributed by atoms with Gasteiger partial charge in [0.25, 0.3) is 0 Å². The van der Waals surface area contributed by atoms with Gasteiger partial charge in [-0.15, -0.1) is 0 Å². The molecule has 78 valence electrons. The second kappa shape index (κ2) is 2.34. The monoisotopic (exact) mass is 206 g/mol. The van der Waals surface area contributed by atoms with E-state index < -0.39 is 0 Å². The van der Waals surface area contributed by atoms with Crippen LogP contribution < -0.4 is 0 Å². The highest BCUT2D eigenvalue weighted by Crippen LogP contribution is 2.55. The number of allylic oxidation sites excluding steroid dienone is 4. The minimum atomic E-state index is 0.744. The number of hydrogen-bond acceptors (Lipinski definition) is 0. The Balaban J connectivity index is 1.80. The third kappa shape index (κ3) is 0.733. The van der Waals surface area contributed by atoms with E-state index in [2.05, 4.69) is 36.4 Å². The summed E-state index contributed by atoms with van der Waals surface area (Å²) < 4.78 is 0. The summed E-state index contributed by atoms with van der Waals surface area (Å²) in [6.07, 6.45) is 12.4. The Labute approximate surface area is 95.7 Å². The number of rotatable bonds is 0. The zero-order valence-electron chi connectivity index (χ0n) is 9.19.